The second-order valence-corrected chi connectivity index (χ2v) is 12.0. The Morgan fingerprint density at radius 3 is 2.55 bits per heavy atom. The zero-order valence-corrected chi connectivity index (χ0v) is 21.3. The molecule has 0 atom stereocenters. The van der Waals surface area contributed by atoms with Gasteiger partial charge < -0.3 is 0 Å². The van der Waals surface area contributed by atoms with Crippen LogP contribution < -0.4 is 9.60 Å². The summed E-state index contributed by atoms with van der Waals surface area (Å²) in [5.41, 5.74) is 2.69. The maximum atomic E-state index is 12.7. The summed E-state index contributed by atoms with van der Waals surface area (Å²) in [6.45, 7) is 0.723. The number of benzene rings is 3. The number of rotatable bonds is 9. The number of fused-ring (bicyclic) bond motifs is 1. The summed E-state index contributed by atoms with van der Waals surface area (Å²) >= 11 is 14.7. The van der Waals surface area contributed by atoms with Crippen LogP contribution in [0.2, 0.25) is 10.0 Å². The zero-order valence-electron chi connectivity index (χ0n) is 17.3. The molecular formula is C23H20Cl2N2O3S3. The molecule has 5 nitrogen and oxygen atoms in total. The largest absolute Gasteiger partial charge is 0.308 e. The van der Waals surface area contributed by atoms with Crippen LogP contribution in [0.15, 0.2) is 76.4 Å². The molecular weight excluding hydrogens is 519 g/mol. The quantitative estimate of drug-likeness (QED) is 0.280. The van der Waals surface area contributed by atoms with E-state index in [1.165, 1.54) is 0 Å². The number of thiazole rings is 1. The Bertz CT molecular complexity index is 1430. The molecule has 1 N–H and O–H groups in total. The highest BCUT2D eigenvalue weighted by Crippen LogP contribution is 2.25. The minimum Gasteiger partial charge on any atom is -0.294 e. The molecule has 0 saturated heterocycles. The maximum absolute atomic E-state index is 12.7. The van der Waals surface area contributed by atoms with Crippen molar-refractivity contribution in [3.05, 3.63) is 97.6 Å². The predicted molar refractivity (Wildman–Crippen MR) is 139 cm³/mol. The number of thioether (sulfide) groups is 1. The summed E-state index contributed by atoms with van der Waals surface area (Å²) in [7, 11) is -3.68. The van der Waals surface area contributed by atoms with Crippen LogP contribution in [0.3, 0.4) is 0 Å². The Labute approximate surface area is 210 Å². The second-order valence-electron chi connectivity index (χ2n) is 7.26. The van der Waals surface area contributed by atoms with Gasteiger partial charge in [0.1, 0.15) is 0 Å². The highest BCUT2D eigenvalue weighted by Gasteiger charge is 2.16. The Balaban J connectivity index is 1.39. The SMILES string of the molecule is O=c1sc2cc(S(=O)(=O)NCCSCc3ccc(Cl)cc3Cl)ccc2n1Cc1ccccc1. The molecule has 0 unspecified atom stereocenters. The Kier molecular flexibility index (Phi) is 7.83. The van der Waals surface area contributed by atoms with Gasteiger partial charge in [-0.15, -0.1) is 0 Å². The van der Waals surface area contributed by atoms with Gasteiger partial charge in [0.25, 0.3) is 0 Å². The van der Waals surface area contributed by atoms with Crippen LogP contribution in [0.4, 0.5) is 0 Å². The van der Waals surface area contributed by atoms with E-state index in [0.717, 1.165) is 28.0 Å². The van der Waals surface area contributed by atoms with E-state index in [-0.39, 0.29) is 16.3 Å². The van der Waals surface area contributed by atoms with Crippen molar-refractivity contribution in [2.75, 3.05) is 12.3 Å². The topological polar surface area (TPSA) is 68.2 Å². The van der Waals surface area contributed by atoms with Gasteiger partial charge in [-0.25, -0.2) is 13.1 Å². The molecule has 1 heterocycles. The lowest BCUT2D eigenvalue weighted by molar-refractivity contribution is 0.584. The third-order valence-electron chi connectivity index (χ3n) is 4.94. The lowest BCUT2D eigenvalue weighted by Gasteiger charge is -2.08. The van der Waals surface area contributed by atoms with E-state index >= 15 is 0 Å². The van der Waals surface area contributed by atoms with Crippen molar-refractivity contribution in [2.45, 2.75) is 17.2 Å². The lowest BCUT2D eigenvalue weighted by atomic mass is 10.2. The molecule has 3 aromatic carbocycles. The minimum absolute atomic E-state index is 0.117. The van der Waals surface area contributed by atoms with Crippen molar-refractivity contribution in [3.63, 3.8) is 0 Å². The summed E-state index contributed by atoms with van der Waals surface area (Å²) in [5, 5.41) is 1.18. The van der Waals surface area contributed by atoms with Crippen LogP contribution >= 0.6 is 46.3 Å². The van der Waals surface area contributed by atoms with Gasteiger partial charge in [-0.1, -0.05) is 70.9 Å². The Hall–Kier alpha value is -1.81. The zero-order chi connectivity index (χ0) is 23.4. The van der Waals surface area contributed by atoms with E-state index < -0.39 is 10.0 Å². The first kappa shape index (κ1) is 24.3. The number of aromatic nitrogens is 1. The molecule has 0 amide bonds. The van der Waals surface area contributed by atoms with Crippen LogP contribution in [0.25, 0.3) is 10.2 Å². The van der Waals surface area contributed by atoms with E-state index in [2.05, 4.69) is 4.72 Å². The van der Waals surface area contributed by atoms with Crippen molar-refractivity contribution in [1.29, 1.82) is 0 Å². The van der Waals surface area contributed by atoms with Crippen LogP contribution in [0.5, 0.6) is 0 Å². The molecule has 0 spiro atoms. The highest BCUT2D eigenvalue weighted by molar-refractivity contribution is 7.98. The predicted octanol–water partition coefficient (Wildman–Crippen LogP) is 5.63. The summed E-state index contributed by atoms with van der Waals surface area (Å²) in [4.78, 5) is 12.5. The molecule has 172 valence electrons. The lowest BCUT2D eigenvalue weighted by Crippen LogP contribution is -2.26. The molecule has 1 aromatic heterocycles. The fraction of sp³-hybridized carbons (Fsp3) is 0.174. The molecule has 4 aromatic rings. The molecule has 33 heavy (non-hydrogen) atoms. The molecule has 0 fully saturated rings. The molecule has 0 radical (unpaired) electrons. The number of nitrogens with zero attached hydrogens (tertiary/aromatic N) is 1. The smallest absolute Gasteiger partial charge is 0.294 e. The average Bonchev–Trinajstić information content (AvgIpc) is 3.10. The van der Waals surface area contributed by atoms with E-state index in [4.69, 9.17) is 23.2 Å². The Morgan fingerprint density at radius 1 is 1.00 bits per heavy atom. The van der Waals surface area contributed by atoms with Gasteiger partial charge in [-0.05, 0) is 41.5 Å². The van der Waals surface area contributed by atoms with Crippen LogP contribution in [-0.2, 0) is 22.3 Å². The molecule has 0 aliphatic heterocycles. The minimum atomic E-state index is -3.68. The maximum Gasteiger partial charge on any atom is 0.308 e. The molecule has 0 bridgehead atoms. The van der Waals surface area contributed by atoms with Crippen LogP contribution in [-0.4, -0.2) is 25.3 Å². The van der Waals surface area contributed by atoms with Crippen molar-refractivity contribution in [1.82, 2.24) is 9.29 Å². The summed E-state index contributed by atoms with van der Waals surface area (Å²) in [5.74, 6) is 1.24. The molecule has 10 heteroatoms. The van der Waals surface area contributed by atoms with Gasteiger partial charge in [0.2, 0.25) is 10.0 Å². The number of halogens is 2. The van der Waals surface area contributed by atoms with E-state index in [1.807, 2.05) is 36.4 Å². The van der Waals surface area contributed by atoms with Gasteiger partial charge in [-0.2, -0.15) is 11.8 Å². The number of hydrogen-bond acceptors (Lipinski definition) is 5. The first-order chi connectivity index (χ1) is 15.8. The average molecular weight is 540 g/mol. The van der Waals surface area contributed by atoms with Gasteiger partial charge in [-0.3, -0.25) is 9.36 Å². The van der Waals surface area contributed by atoms with E-state index in [1.54, 1.807) is 46.7 Å². The molecule has 0 saturated carbocycles. The first-order valence-corrected chi connectivity index (χ1v) is 14.2. The number of nitrogens with one attached hydrogen (secondary N) is 1. The fourth-order valence-corrected chi connectivity index (χ4v) is 6.89. The van der Waals surface area contributed by atoms with Gasteiger partial charge >= 0.3 is 4.87 Å². The van der Waals surface area contributed by atoms with E-state index in [0.29, 0.717) is 32.8 Å². The third-order valence-corrected chi connectivity index (χ3v) is 8.94. The first-order valence-electron chi connectivity index (χ1n) is 10.0. The molecule has 4 rings (SSSR count). The van der Waals surface area contributed by atoms with Crippen molar-refractivity contribution < 1.29 is 8.42 Å². The van der Waals surface area contributed by atoms with Gasteiger partial charge in [0, 0.05) is 28.1 Å². The van der Waals surface area contributed by atoms with Crippen LogP contribution in [0, 0.1) is 0 Å². The summed E-state index contributed by atoms with van der Waals surface area (Å²) in [6, 6.07) is 19.8. The summed E-state index contributed by atoms with van der Waals surface area (Å²) < 4.78 is 30.4. The second kappa shape index (κ2) is 10.6. The van der Waals surface area contributed by atoms with Crippen LogP contribution in [0.1, 0.15) is 11.1 Å². The van der Waals surface area contributed by atoms with E-state index in [9.17, 15) is 13.2 Å². The molecule has 0 aliphatic rings. The van der Waals surface area contributed by atoms with Gasteiger partial charge in [0.05, 0.1) is 21.7 Å². The van der Waals surface area contributed by atoms with Gasteiger partial charge in [0.15, 0.2) is 0 Å². The summed E-state index contributed by atoms with van der Waals surface area (Å²) in [6.07, 6.45) is 0. The highest BCUT2D eigenvalue weighted by atomic mass is 35.5. The standard InChI is InChI=1S/C23H20Cl2N2O3S3/c24-18-7-6-17(20(25)12-18)15-31-11-10-26-33(29,30)19-8-9-21-22(13-19)32-23(28)27(21)14-16-4-2-1-3-5-16/h1-9,12-13,26H,10-11,14-15H2. The fourth-order valence-electron chi connectivity index (χ4n) is 3.28. The monoisotopic (exact) mass is 538 g/mol. The number of sulfonamides is 1. The third kappa shape index (κ3) is 6.01. The normalized spacial score (nSPS) is 11.8. The number of hydrogen-bond donors (Lipinski definition) is 1. The van der Waals surface area contributed by atoms with Crippen molar-refractivity contribution in [3.8, 4) is 0 Å². The Morgan fingerprint density at radius 2 is 1.79 bits per heavy atom. The molecule has 0 aliphatic carbocycles. The van der Waals surface area contributed by atoms with Crippen molar-refractivity contribution in [2.24, 2.45) is 0 Å². The van der Waals surface area contributed by atoms with Crippen molar-refractivity contribution >= 4 is 66.5 Å².